The third-order valence-electron chi connectivity index (χ3n) is 4.65. The smallest absolute Gasteiger partial charge is 0.356 e. The summed E-state index contributed by atoms with van der Waals surface area (Å²) in [5.74, 6) is -5.20. The Morgan fingerprint density at radius 3 is 2.36 bits per heavy atom. The molecule has 2 aromatic rings. The second kappa shape index (κ2) is 6.84. The largest absolute Gasteiger partial charge is 0.504 e. The van der Waals surface area contributed by atoms with E-state index in [4.69, 9.17) is 9.84 Å². The fourth-order valence-electron chi connectivity index (χ4n) is 3.29. The Balaban J connectivity index is 2.33. The van der Waals surface area contributed by atoms with Crippen LogP contribution in [0.3, 0.4) is 0 Å². The lowest BCUT2D eigenvalue weighted by Gasteiger charge is -2.21. The molecule has 0 radical (unpaired) electrons. The number of pyridine rings is 1. The predicted molar refractivity (Wildman–Crippen MR) is 95.8 cm³/mol. The van der Waals surface area contributed by atoms with Gasteiger partial charge in [-0.15, -0.1) is 0 Å². The number of phenolic OH excluding ortho intramolecular Hbond substituents is 1. The van der Waals surface area contributed by atoms with Gasteiger partial charge < -0.3 is 25.0 Å². The summed E-state index contributed by atoms with van der Waals surface area (Å²) in [6.07, 6.45) is 2.03. The normalized spacial score (nSPS) is 12.5. The third-order valence-corrected chi connectivity index (χ3v) is 4.65. The van der Waals surface area contributed by atoms with Gasteiger partial charge >= 0.3 is 5.97 Å². The molecule has 28 heavy (non-hydrogen) atoms. The molecule has 4 N–H and O–H groups in total. The van der Waals surface area contributed by atoms with Crippen LogP contribution < -0.4 is 10.2 Å². The summed E-state index contributed by atoms with van der Waals surface area (Å²) >= 11 is 0. The number of nitrogens with one attached hydrogen (secondary N) is 1. The molecule has 0 amide bonds. The second-order valence-electron chi connectivity index (χ2n) is 6.33. The molecule has 146 valence electrons. The van der Waals surface area contributed by atoms with Crippen LogP contribution in [0.4, 0.5) is 0 Å². The molecule has 1 aliphatic carbocycles. The van der Waals surface area contributed by atoms with E-state index in [2.05, 4.69) is 4.98 Å². The maximum Gasteiger partial charge on any atom is 0.356 e. The maximum absolute atomic E-state index is 12.9. The lowest BCUT2D eigenvalue weighted by Crippen LogP contribution is -2.31. The fourth-order valence-corrected chi connectivity index (χ4v) is 3.29. The van der Waals surface area contributed by atoms with E-state index in [-0.39, 0.29) is 16.9 Å². The Morgan fingerprint density at radius 2 is 1.79 bits per heavy atom. The topological polar surface area (TPSA) is 154 Å². The number of aryl methyl sites for hydroxylation is 1. The number of carbonyl (C=O) groups is 3. The highest BCUT2D eigenvalue weighted by molar-refractivity contribution is 6.29. The Kier molecular flexibility index (Phi) is 4.68. The fraction of sp³-hybridized carbons (Fsp3) is 0.263. The molecule has 1 aliphatic rings. The number of aromatic hydroxyl groups is 2. The summed E-state index contributed by atoms with van der Waals surface area (Å²) in [5.41, 5.74) is -3.53. The number of carbonyl (C=O) groups excluding carboxylic acids is 2. The van der Waals surface area contributed by atoms with Crippen LogP contribution in [0.1, 0.15) is 67.8 Å². The second-order valence-corrected chi connectivity index (χ2v) is 6.33. The summed E-state index contributed by atoms with van der Waals surface area (Å²) < 4.78 is 5.20. The lowest BCUT2D eigenvalue weighted by molar-refractivity contribution is 0.0685. The van der Waals surface area contributed by atoms with Crippen LogP contribution in [0.15, 0.2) is 10.9 Å². The Hall–Kier alpha value is -3.62. The zero-order chi connectivity index (χ0) is 20.7. The van der Waals surface area contributed by atoms with E-state index < -0.39 is 51.4 Å². The van der Waals surface area contributed by atoms with E-state index in [1.54, 1.807) is 0 Å². The van der Waals surface area contributed by atoms with Gasteiger partial charge in [0, 0.05) is 5.56 Å². The molecule has 3 rings (SSSR count). The standard InChI is InChI=1S/C19H17NO8/c1-3-4-5-7-6-8-9(16(24)18(7)28-2)14(22)11-10(13(8)21)15(23)17(25)12(20-11)19(26)27/h6,24-25H,3-5H2,1-2H3,(H,20,23)(H,26,27). The first kappa shape index (κ1) is 19.2. The predicted octanol–water partition coefficient (Wildman–Crippen LogP) is 1.61. The molecule has 1 aromatic carbocycles. The van der Waals surface area contributed by atoms with Crippen molar-refractivity contribution in [3.8, 4) is 17.2 Å². The van der Waals surface area contributed by atoms with Crippen LogP contribution in [-0.4, -0.2) is 44.9 Å². The number of aromatic amines is 1. The van der Waals surface area contributed by atoms with Gasteiger partial charge in [0.05, 0.1) is 12.7 Å². The van der Waals surface area contributed by atoms with Crippen LogP contribution >= 0.6 is 0 Å². The first-order valence-corrected chi connectivity index (χ1v) is 8.49. The molecule has 9 heteroatoms. The Bertz CT molecular complexity index is 1100. The van der Waals surface area contributed by atoms with E-state index in [1.165, 1.54) is 13.2 Å². The highest BCUT2D eigenvalue weighted by Gasteiger charge is 2.39. The van der Waals surface area contributed by atoms with Gasteiger partial charge in [-0.05, 0) is 24.5 Å². The molecule has 1 heterocycles. The number of carboxylic acid groups (broad SMARTS) is 1. The van der Waals surface area contributed by atoms with Crippen LogP contribution in [0.25, 0.3) is 0 Å². The summed E-state index contributed by atoms with van der Waals surface area (Å²) in [6.45, 7) is 1.96. The zero-order valence-electron chi connectivity index (χ0n) is 15.1. The van der Waals surface area contributed by atoms with Crippen molar-refractivity contribution < 1.29 is 34.4 Å². The Labute approximate surface area is 158 Å². The van der Waals surface area contributed by atoms with E-state index in [0.717, 1.165) is 12.8 Å². The zero-order valence-corrected chi connectivity index (χ0v) is 15.1. The van der Waals surface area contributed by atoms with E-state index >= 15 is 0 Å². The van der Waals surface area contributed by atoms with Crippen molar-refractivity contribution in [3.63, 3.8) is 0 Å². The van der Waals surface area contributed by atoms with Crippen molar-refractivity contribution in [2.45, 2.75) is 26.2 Å². The number of phenols is 1. The average Bonchev–Trinajstić information content (AvgIpc) is 2.65. The third kappa shape index (κ3) is 2.63. The van der Waals surface area contributed by atoms with Crippen LogP contribution in [-0.2, 0) is 6.42 Å². The summed E-state index contributed by atoms with van der Waals surface area (Å²) in [6, 6.07) is 1.38. The average molecular weight is 387 g/mol. The van der Waals surface area contributed by atoms with Crippen LogP contribution in [0.2, 0.25) is 0 Å². The number of methoxy groups -OCH3 is 1. The maximum atomic E-state index is 12.9. The van der Waals surface area contributed by atoms with Gasteiger partial charge in [-0.1, -0.05) is 13.3 Å². The number of hydrogen-bond acceptors (Lipinski definition) is 7. The molecule has 0 saturated carbocycles. The number of unbranched alkanes of at least 4 members (excludes halogenated alkanes) is 1. The molecule has 0 fully saturated rings. The van der Waals surface area contributed by atoms with Crippen molar-refractivity contribution in [3.05, 3.63) is 49.9 Å². The highest BCUT2D eigenvalue weighted by Crippen LogP contribution is 2.41. The van der Waals surface area contributed by atoms with Crippen molar-refractivity contribution in [1.29, 1.82) is 0 Å². The first-order chi connectivity index (χ1) is 13.2. The van der Waals surface area contributed by atoms with Crippen LogP contribution in [0.5, 0.6) is 17.2 Å². The minimum atomic E-state index is -1.68. The first-order valence-electron chi connectivity index (χ1n) is 8.49. The van der Waals surface area contributed by atoms with Gasteiger partial charge in [0.25, 0.3) is 0 Å². The number of aromatic carboxylic acids is 1. The molecule has 0 bridgehead atoms. The van der Waals surface area contributed by atoms with E-state index in [9.17, 15) is 29.4 Å². The van der Waals surface area contributed by atoms with E-state index in [0.29, 0.717) is 12.0 Å². The number of ketones is 2. The van der Waals surface area contributed by atoms with Crippen molar-refractivity contribution >= 4 is 17.5 Å². The van der Waals surface area contributed by atoms with E-state index in [1.807, 2.05) is 6.92 Å². The number of benzene rings is 1. The highest BCUT2D eigenvalue weighted by atomic mass is 16.5. The molecule has 9 nitrogen and oxygen atoms in total. The quantitative estimate of drug-likeness (QED) is 0.515. The monoisotopic (exact) mass is 387 g/mol. The van der Waals surface area contributed by atoms with Crippen molar-refractivity contribution in [1.82, 2.24) is 4.98 Å². The van der Waals surface area contributed by atoms with Crippen LogP contribution in [0, 0.1) is 0 Å². The number of rotatable bonds is 5. The van der Waals surface area contributed by atoms with Gasteiger partial charge in [0.2, 0.25) is 11.2 Å². The molecule has 0 unspecified atom stereocenters. The Morgan fingerprint density at radius 1 is 1.11 bits per heavy atom. The number of H-pyrrole nitrogens is 1. The van der Waals surface area contributed by atoms with Gasteiger partial charge in [-0.3, -0.25) is 14.4 Å². The SMILES string of the molecule is CCCCc1cc2c(c(O)c1OC)C(=O)c1[nH]c(C(=O)O)c(O)c(=O)c1C2=O. The number of aromatic nitrogens is 1. The molecular weight excluding hydrogens is 370 g/mol. The number of fused-ring (bicyclic) bond motifs is 2. The minimum Gasteiger partial charge on any atom is -0.504 e. The number of hydrogen-bond donors (Lipinski definition) is 4. The molecule has 1 aromatic heterocycles. The minimum absolute atomic E-state index is 0.0383. The van der Waals surface area contributed by atoms with Crippen molar-refractivity contribution in [2.75, 3.05) is 7.11 Å². The summed E-state index contributed by atoms with van der Waals surface area (Å²) in [7, 11) is 1.31. The number of ether oxygens (including phenoxy) is 1. The van der Waals surface area contributed by atoms with Gasteiger partial charge in [0.15, 0.2) is 28.7 Å². The van der Waals surface area contributed by atoms with Gasteiger partial charge in [-0.2, -0.15) is 0 Å². The number of carboxylic acids is 1. The molecule has 0 spiro atoms. The molecule has 0 saturated heterocycles. The summed E-state index contributed by atoms with van der Waals surface area (Å²) in [5, 5.41) is 29.5. The lowest BCUT2D eigenvalue weighted by atomic mass is 9.83. The summed E-state index contributed by atoms with van der Waals surface area (Å²) in [4.78, 5) is 51.5. The van der Waals surface area contributed by atoms with Crippen molar-refractivity contribution in [2.24, 2.45) is 0 Å². The molecule has 0 atom stereocenters. The molecule has 0 aliphatic heterocycles. The van der Waals surface area contributed by atoms with Gasteiger partial charge in [-0.25, -0.2) is 4.79 Å². The van der Waals surface area contributed by atoms with Gasteiger partial charge in [0.1, 0.15) is 11.3 Å². The molecular formula is C19H17NO8.